The van der Waals surface area contributed by atoms with Gasteiger partial charge in [-0.15, -0.1) is 0 Å². The Morgan fingerprint density at radius 1 is 1.21 bits per heavy atom. The second-order valence-electron chi connectivity index (χ2n) is 6.32. The molecule has 1 saturated heterocycles. The van der Waals surface area contributed by atoms with Crippen molar-refractivity contribution < 1.29 is 4.79 Å². The van der Waals surface area contributed by atoms with Crippen LogP contribution < -0.4 is 10.2 Å². The lowest BCUT2D eigenvalue weighted by Gasteiger charge is -2.18. The third-order valence-corrected chi connectivity index (χ3v) is 4.72. The van der Waals surface area contributed by atoms with Gasteiger partial charge >= 0.3 is 0 Å². The molecule has 3 rings (SSSR count). The summed E-state index contributed by atoms with van der Waals surface area (Å²) < 4.78 is 0. The van der Waals surface area contributed by atoms with Crippen LogP contribution in [0.3, 0.4) is 0 Å². The summed E-state index contributed by atoms with van der Waals surface area (Å²) in [6.07, 6.45) is 5.17. The second kappa shape index (κ2) is 7.95. The molecule has 24 heavy (non-hydrogen) atoms. The number of hydrogen-bond donors (Lipinski definition) is 1. The Labute approximate surface area is 143 Å². The number of pyridine rings is 1. The molecule has 0 saturated carbocycles. The van der Waals surface area contributed by atoms with Crippen molar-refractivity contribution in [3.8, 4) is 0 Å². The standard InChI is InChI=1S/C20H25N3O/c1-2-16(17-8-4-3-5-9-17)15-22-20(24)19-14-18(10-11-21-19)23-12-6-7-13-23/h3-5,8-11,14,16H,2,6-7,12-13,15H2,1H3,(H,22,24). The average Bonchev–Trinajstić information content (AvgIpc) is 3.18. The van der Waals surface area contributed by atoms with Crippen LogP contribution in [0.15, 0.2) is 48.7 Å². The molecule has 126 valence electrons. The van der Waals surface area contributed by atoms with Gasteiger partial charge in [0.25, 0.3) is 5.91 Å². The largest absolute Gasteiger partial charge is 0.371 e. The Balaban J connectivity index is 1.63. The quantitative estimate of drug-likeness (QED) is 0.883. The van der Waals surface area contributed by atoms with Gasteiger partial charge in [-0.25, -0.2) is 0 Å². The van der Waals surface area contributed by atoms with Crippen LogP contribution in [-0.2, 0) is 0 Å². The molecule has 1 N–H and O–H groups in total. The van der Waals surface area contributed by atoms with E-state index in [0.717, 1.165) is 25.2 Å². The number of carbonyl (C=O) groups is 1. The first-order chi connectivity index (χ1) is 11.8. The number of nitrogens with zero attached hydrogens (tertiary/aromatic N) is 2. The first-order valence-electron chi connectivity index (χ1n) is 8.82. The molecule has 2 aromatic rings. The fourth-order valence-electron chi connectivity index (χ4n) is 3.25. The van der Waals surface area contributed by atoms with Crippen LogP contribution in [0.2, 0.25) is 0 Å². The zero-order chi connectivity index (χ0) is 16.8. The number of amides is 1. The normalized spacial score (nSPS) is 15.3. The maximum Gasteiger partial charge on any atom is 0.269 e. The summed E-state index contributed by atoms with van der Waals surface area (Å²) >= 11 is 0. The van der Waals surface area contributed by atoms with Gasteiger partial charge in [0.05, 0.1) is 0 Å². The van der Waals surface area contributed by atoms with Crippen molar-refractivity contribution in [2.24, 2.45) is 0 Å². The molecule has 1 atom stereocenters. The molecule has 4 heteroatoms. The molecule has 1 aliphatic heterocycles. The number of hydrogen-bond acceptors (Lipinski definition) is 3. The van der Waals surface area contributed by atoms with Gasteiger partial charge in [0.1, 0.15) is 5.69 Å². The predicted molar refractivity (Wildman–Crippen MR) is 97.5 cm³/mol. The van der Waals surface area contributed by atoms with Crippen molar-refractivity contribution in [1.29, 1.82) is 0 Å². The molecule has 0 aliphatic carbocycles. The Bertz CT molecular complexity index is 666. The van der Waals surface area contributed by atoms with Crippen molar-refractivity contribution >= 4 is 11.6 Å². The summed E-state index contributed by atoms with van der Waals surface area (Å²) in [6, 6.07) is 14.2. The van der Waals surface area contributed by atoms with Gasteiger partial charge in [-0.05, 0) is 37.0 Å². The van der Waals surface area contributed by atoms with E-state index >= 15 is 0 Å². The Morgan fingerprint density at radius 3 is 2.67 bits per heavy atom. The summed E-state index contributed by atoms with van der Waals surface area (Å²) in [4.78, 5) is 19.0. The summed E-state index contributed by atoms with van der Waals surface area (Å²) in [5.74, 6) is 0.238. The van der Waals surface area contributed by atoms with Crippen LogP contribution in [0.5, 0.6) is 0 Å². The van der Waals surface area contributed by atoms with Crippen LogP contribution >= 0.6 is 0 Å². The number of aromatic nitrogens is 1. The number of carbonyl (C=O) groups excluding carboxylic acids is 1. The first-order valence-corrected chi connectivity index (χ1v) is 8.82. The SMILES string of the molecule is CCC(CNC(=O)c1cc(N2CCCC2)ccn1)c1ccccc1. The van der Waals surface area contributed by atoms with Gasteiger partial charge in [0.2, 0.25) is 0 Å². The lowest BCUT2D eigenvalue weighted by atomic mass is 9.96. The minimum absolute atomic E-state index is 0.0922. The maximum atomic E-state index is 12.5. The topological polar surface area (TPSA) is 45.2 Å². The third-order valence-electron chi connectivity index (χ3n) is 4.72. The highest BCUT2D eigenvalue weighted by molar-refractivity contribution is 5.93. The summed E-state index contributed by atoms with van der Waals surface area (Å²) in [5.41, 5.74) is 2.86. The van der Waals surface area contributed by atoms with Crippen molar-refractivity contribution in [3.05, 3.63) is 59.9 Å². The van der Waals surface area contributed by atoms with Crippen molar-refractivity contribution in [1.82, 2.24) is 10.3 Å². The van der Waals surface area contributed by atoms with Crippen LogP contribution in [0.25, 0.3) is 0 Å². The molecular weight excluding hydrogens is 298 g/mol. The van der Waals surface area contributed by atoms with E-state index in [1.807, 2.05) is 30.3 Å². The summed E-state index contributed by atoms with van der Waals surface area (Å²) in [7, 11) is 0. The van der Waals surface area contributed by atoms with Crippen LogP contribution in [0.4, 0.5) is 5.69 Å². The van der Waals surface area contributed by atoms with E-state index in [2.05, 4.69) is 34.3 Å². The summed E-state index contributed by atoms with van der Waals surface area (Å²) in [6.45, 7) is 4.92. The molecule has 0 spiro atoms. The van der Waals surface area contributed by atoms with Crippen molar-refractivity contribution in [3.63, 3.8) is 0 Å². The zero-order valence-corrected chi connectivity index (χ0v) is 14.2. The van der Waals surface area contributed by atoms with Gasteiger partial charge in [0.15, 0.2) is 0 Å². The number of rotatable bonds is 6. The Kier molecular flexibility index (Phi) is 5.47. The molecule has 0 bridgehead atoms. The van der Waals surface area contributed by atoms with Crippen molar-refractivity contribution in [2.45, 2.75) is 32.1 Å². The number of anilines is 1. The minimum Gasteiger partial charge on any atom is -0.371 e. The second-order valence-corrected chi connectivity index (χ2v) is 6.32. The highest BCUT2D eigenvalue weighted by Crippen LogP contribution is 2.21. The van der Waals surface area contributed by atoms with Gasteiger partial charge in [-0.1, -0.05) is 37.3 Å². The lowest BCUT2D eigenvalue weighted by molar-refractivity contribution is 0.0946. The van der Waals surface area contributed by atoms with Crippen LogP contribution in [0.1, 0.15) is 48.2 Å². The first kappa shape index (κ1) is 16.5. The average molecular weight is 323 g/mol. The molecule has 1 amide bonds. The maximum absolute atomic E-state index is 12.5. The van der Waals surface area contributed by atoms with Crippen molar-refractivity contribution in [2.75, 3.05) is 24.5 Å². The van der Waals surface area contributed by atoms with Gasteiger partial charge in [-0.3, -0.25) is 9.78 Å². The molecule has 1 fully saturated rings. The molecule has 0 radical (unpaired) electrons. The van der Waals surface area contributed by atoms with E-state index < -0.39 is 0 Å². The van der Waals surface area contributed by atoms with E-state index in [4.69, 9.17) is 0 Å². The minimum atomic E-state index is -0.0922. The van der Waals surface area contributed by atoms with E-state index in [-0.39, 0.29) is 5.91 Å². The number of nitrogens with one attached hydrogen (secondary N) is 1. The molecule has 1 aromatic carbocycles. The third kappa shape index (κ3) is 3.94. The van der Waals surface area contributed by atoms with E-state index in [1.54, 1.807) is 6.20 Å². The highest BCUT2D eigenvalue weighted by atomic mass is 16.1. The monoisotopic (exact) mass is 323 g/mol. The summed E-state index contributed by atoms with van der Waals surface area (Å²) in [5, 5.41) is 3.05. The smallest absolute Gasteiger partial charge is 0.269 e. The molecule has 2 heterocycles. The van der Waals surface area contributed by atoms with E-state index in [9.17, 15) is 4.79 Å². The van der Waals surface area contributed by atoms with E-state index in [0.29, 0.717) is 18.2 Å². The van der Waals surface area contributed by atoms with Gasteiger partial charge < -0.3 is 10.2 Å². The fourth-order valence-corrected chi connectivity index (χ4v) is 3.25. The van der Waals surface area contributed by atoms with Crippen LogP contribution in [0, 0.1) is 0 Å². The Morgan fingerprint density at radius 2 is 1.96 bits per heavy atom. The van der Waals surface area contributed by atoms with Crippen LogP contribution in [-0.4, -0.2) is 30.5 Å². The molecule has 1 unspecified atom stereocenters. The predicted octanol–water partition coefficient (Wildman–Crippen LogP) is 3.61. The zero-order valence-electron chi connectivity index (χ0n) is 14.2. The number of benzene rings is 1. The fraction of sp³-hybridized carbons (Fsp3) is 0.400. The molecule has 4 nitrogen and oxygen atoms in total. The van der Waals surface area contributed by atoms with Gasteiger partial charge in [0, 0.05) is 37.4 Å². The molecule has 1 aliphatic rings. The van der Waals surface area contributed by atoms with E-state index in [1.165, 1.54) is 18.4 Å². The highest BCUT2D eigenvalue weighted by Gasteiger charge is 2.16. The Hall–Kier alpha value is -2.36. The lowest BCUT2D eigenvalue weighted by Crippen LogP contribution is -2.29. The van der Waals surface area contributed by atoms with Gasteiger partial charge in [-0.2, -0.15) is 0 Å². The molecule has 1 aromatic heterocycles. The molecular formula is C20H25N3O.